The first-order valence-corrected chi connectivity index (χ1v) is 10.5. The highest BCUT2D eigenvalue weighted by Gasteiger charge is 2.21. The van der Waals surface area contributed by atoms with Crippen LogP contribution in [0.5, 0.6) is 0 Å². The molecule has 0 aliphatic carbocycles. The van der Waals surface area contributed by atoms with Crippen molar-refractivity contribution in [2.24, 2.45) is 0 Å². The lowest BCUT2D eigenvalue weighted by Gasteiger charge is -2.21. The number of carbonyl (C=O) groups is 1. The SMILES string of the molecule is CCOC(=O)NOCCO[Si](c1ccccc1)c1ccc(C(C)(C)C)cc1. The van der Waals surface area contributed by atoms with Gasteiger partial charge in [-0.1, -0.05) is 75.4 Å². The zero-order valence-electron chi connectivity index (χ0n) is 16.5. The van der Waals surface area contributed by atoms with Crippen LogP contribution in [0, 0.1) is 0 Å². The Kier molecular flexibility index (Phi) is 8.03. The summed E-state index contributed by atoms with van der Waals surface area (Å²) in [5, 5.41) is 2.35. The van der Waals surface area contributed by atoms with Crippen LogP contribution in [0.1, 0.15) is 33.3 Å². The van der Waals surface area contributed by atoms with Crippen LogP contribution in [-0.4, -0.2) is 35.0 Å². The monoisotopic (exact) mass is 386 g/mol. The fraction of sp³-hybridized carbons (Fsp3) is 0.381. The van der Waals surface area contributed by atoms with Crippen molar-refractivity contribution in [3.63, 3.8) is 0 Å². The fourth-order valence-electron chi connectivity index (χ4n) is 2.50. The molecule has 6 heteroatoms. The third-order valence-electron chi connectivity index (χ3n) is 3.91. The van der Waals surface area contributed by atoms with Gasteiger partial charge in [-0.2, -0.15) is 5.48 Å². The second-order valence-electron chi connectivity index (χ2n) is 7.04. The van der Waals surface area contributed by atoms with E-state index in [1.165, 1.54) is 15.9 Å². The quantitative estimate of drug-likeness (QED) is 0.431. The summed E-state index contributed by atoms with van der Waals surface area (Å²) in [6.07, 6.45) is -0.594. The average molecular weight is 387 g/mol. The van der Waals surface area contributed by atoms with E-state index in [4.69, 9.17) is 14.0 Å². The highest BCUT2D eigenvalue weighted by Crippen LogP contribution is 2.20. The van der Waals surface area contributed by atoms with E-state index < -0.39 is 15.1 Å². The molecule has 1 N–H and O–H groups in total. The summed E-state index contributed by atoms with van der Waals surface area (Å²) in [7, 11) is -1.40. The van der Waals surface area contributed by atoms with Crippen molar-refractivity contribution in [2.75, 3.05) is 19.8 Å². The third-order valence-corrected chi connectivity index (χ3v) is 6.12. The molecule has 0 saturated heterocycles. The molecule has 0 aliphatic heterocycles. The molecule has 2 aromatic carbocycles. The maximum atomic E-state index is 11.2. The standard InChI is InChI=1S/C21H28NO4Si/c1-5-24-20(23)22-25-15-16-26-27(18-9-7-6-8-10-18)19-13-11-17(12-14-19)21(2,3)4/h6-14H,5,15-16H2,1-4H3,(H,22,23). The van der Waals surface area contributed by atoms with Crippen LogP contribution in [0.4, 0.5) is 4.79 Å². The Labute approximate surface area is 163 Å². The van der Waals surface area contributed by atoms with Crippen molar-refractivity contribution < 1.29 is 18.8 Å². The van der Waals surface area contributed by atoms with E-state index >= 15 is 0 Å². The molecule has 0 unspecified atom stereocenters. The Morgan fingerprint density at radius 3 is 2.19 bits per heavy atom. The Hall–Kier alpha value is -2.15. The summed E-state index contributed by atoms with van der Waals surface area (Å²) in [5.74, 6) is 0. The Morgan fingerprint density at radius 2 is 1.59 bits per heavy atom. The topological polar surface area (TPSA) is 56.8 Å². The van der Waals surface area contributed by atoms with Gasteiger partial charge in [0.2, 0.25) is 0 Å². The Morgan fingerprint density at radius 1 is 0.963 bits per heavy atom. The van der Waals surface area contributed by atoms with Gasteiger partial charge in [-0.15, -0.1) is 0 Å². The van der Waals surface area contributed by atoms with E-state index in [9.17, 15) is 4.79 Å². The second-order valence-corrected chi connectivity index (χ2v) is 9.14. The van der Waals surface area contributed by atoms with Crippen molar-refractivity contribution in [1.82, 2.24) is 5.48 Å². The number of hydroxylamine groups is 1. The first kappa shape index (κ1) is 21.2. The van der Waals surface area contributed by atoms with E-state index in [1.807, 2.05) is 18.2 Å². The number of benzene rings is 2. The van der Waals surface area contributed by atoms with E-state index in [-0.39, 0.29) is 12.0 Å². The molecular formula is C21H28NO4Si. The highest BCUT2D eigenvalue weighted by atomic mass is 28.3. The van der Waals surface area contributed by atoms with E-state index in [0.717, 1.165) is 0 Å². The van der Waals surface area contributed by atoms with Gasteiger partial charge in [0.05, 0.1) is 19.8 Å². The minimum absolute atomic E-state index is 0.117. The first-order chi connectivity index (χ1) is 12.9. The van der Waals surface area contributed by atoms with Crippen molar-refractivity contribution in [3.05, 3.63) is 60.2 Å². The Bertz CT molecular complexity index is 698. The molecule has 27 heavy (non-hydrogen) atoms. The maximum Gasteiger partial charge on any atom is 0.431 e. The molecule has 5 nitrogen and oxygen atoms in total. The summed E-state index contributed by atoms with van der Waals surface area (Å²) in [6, 6.07) is 18.9. The lowest BCUT2D eigenvalue weighted by molar-refractivity contribution is 0.0165. The molecule has 0 heterocycles. The molecule has 1 amide bonds. The highest BCUT2D eigenvalue weighted by molar-refractivity contribution is 6.80. The van der Waals surface area contributed by atoms with E-state index in [0.29, 0.717) is 13.2 Å². The summed E-state index contributed by atoms with van der Waals surface area (Å²) in [6.45, 7) is 9.27. The third kappa shape index (κ3) is 6.82. The van der Waals surface area contributed by atoms with Gasteiger partial charge in [0.15, 0.2) is 0 Å². The van der Waals surface area contributed by atoms with Crippen LogP contribution in [0.25, 0.3) is 0 Å². The van der Waals surface area contributed by atoms with E-state index in [1.54, 1.807) is 6.92 Å². The number of hydrogen-bond donors (Lipinski definition) is 1. The minimum atomic E-state index is -1.40. The largest absolute Gasteiger partial charge is 0.448 e. The molecule has 2 rings (SSSR count). The van der Waals surface area contributed by atoms with Crippen LogP contribution < -0.4 is 15.9 Å². The molecule has 0 aromatic heterocycles. The maximum absolute atomic E-state index is 11.2. The average Bonchev–Trinajstić information content (AvgIpc) is 2.65. The van der Waals surface area contributed by atoms with Gasteiger partial charge >= 0.3 is 6.09 Å². The van der Waals surface area contributed by atoms with Crippen LogP contribution in [0.3, 0.4) is 0 Å². The zero-order chi connectivity index (χ0) is 19.7. The molecule has 0 fully saturated rings. The van der Waals surface area contributed by atoms with Crippen LogP contribution in [0.2, 0.25) is 0 Å². The number of nitrogens with one attached hydrogen (secondary N) is 1. The van der Waals surface area contributed by atoms with Gasteiger partial charge in [-0.05, 0) is 28.3 Å². The number of amides is 1. The van der Waals surface area contributed by atoms with Gasteiger partial charge in [0, 0.05) is 0 Å². The fourth-order valence-corrected chi connectivity index (χ4v) is 4.42. The lowest BCUT2D eigenvalue weighted by atomic mass is 9.87. The molecule has 0 bridgehead atoms. The molecule has 0 saturated carbocycles. The van der Waals surface area contributed by atoms with Gasteiger partial charge in [-0.25, -0.2) is 4.79 Å². The molecule has 2 aromatic rings. The predicted molar refractivity (Wildman–Crippen MR) is 109 cm³/mol. The summed E-state index contributed by atoms with van der Waals surface area (Å²) < 4.78 is 10.9. The number of carbonyl (C=O) groups excluding carboxylic acids is 1. The smallest absolute Gasteiger partial charge is 0.431 e. The molecule has 1 radical (unpaired) electrons. The Balaban J connectivity index is 2.01. The summed E-state index contributed by atoms with van der Waals surface area (Å²) >= 11 is 0. The van der Waals surface area contributed by atoms with Crippen molar-refractivity contribution in [1.29, 1.82) is 0 Å². The predicted octanol–water partition coefficient (Wildman–Crippen LogP) is 2.78. The van der Waals surface area contributed by atoms with E-state index in [2.05, 4.69) is 62.6 Å². The normalized spacial score (nSPS) is 11.4. The van der Waals surface area contributed by atoms with Crippen LogP contribution in [0.15, 0.2) is 54.6 Å². The number of ether oxygens (including phenoxy) is 1. The lowest BCUT2D eigenvalue weighted by Crippen LogP contribution is -2.45. The molecule has 0 spiro atoms. The van der Waals surface area contributed by atoms with Crippen molar-refractivity contribution in [3.8, 4) is 0 Å². The van der Waals surface area contributed by atoms with Gasteiger partial charge in [0.1, 0.15) is 0 Å². The molecule has 145 valence electrons. The van der Waals surface area contributed by atoms with Crippen molar-refractivity contribution >= 4 is 25.5 Å². The molecule has 0 aliphatic rings. The summed E-state index contributed by atoms with van der Waals surface area (Å²) in [4.78, 5) is 16.3. The van der Waals surface area contributed by atoms with Gasteiger partial charge in [0.25, 0.3) is 9.04 Å². The second kappa shape index (κ2) is 10.3. The van der Waals surface area contributed by atoms with Crippen molar-refractivity contribution in [2.45, 2.75) is 33.1 Å². The zero-order valence-corrected chi connectivity index (χ0v) is 17.5. The van der Waals surface area contributed by atoms with Gasteiger partial charge in [-0.3, -0.25) is 4.84 Å². The first-order valence-electron chi connectivity index (χ1n) is 9.12. The number of rotatable bonds is 8. The minimum Gasteiger partial charge on any atom is -0.448 e. The van der Waals surface area contributed by atoms with Crippen LogP contribution in [-0.2, 0) is 19.4 Å². The van der Waals surface area contributed by atoms with Crippen LogP contribution >= 0.6 is 0 Å². The molecular weight excluding hydrogens is 358 g/mol. The summed E-state index contributed by atoms with van der Waals surface area (Å²) in [5.41, 5.74) is 3.64. The number of hydrogen-bond acceptors (Lipinski definition) is 4. The van der Waals surface area contributed by atoms with Gasteiger partial charge < -0.3 is 9.16 Å². The molecule has 0 atom stereocenters.